The number of carbonyl (C=O) groups is 1. The molecule has 0 spiro atoms. The van der Waals surface area contributed by atoms with Crippen LogP contribution in [0.4, 0.5) is 5.69 Å². The normalized spacial score (nSPS) is 13.9. The molecule has 0 aliphatic carbocycles. The van der Waals surface area contributed by atoms with E-state index in [0.29, 0.717) is 6.61 Å². The Kier molecular flexibility index (Phi) is 14.7. The van der Waals surface area contributed by atoms with E-state index in [4.69, 9.17) is 8.85 Å². The SMILES string of the molecule is CCCCCCCCCCCC(O[Si](C)(C)C)C(CO[Si](C)(C)C)NC(=O)c1cccc([N+](=O)[O-])c1. The number of nitrogens with one attached hydrogen (secondary N) is 1. The lowest BCUT2D eigenvalue weighted by molar-refractivity contribution is -0.384. The third kappa shape index (κ3) is 14.9. The molecule has 0 saturated heterocycles. The third-order valence-electron chi connectivity index (χ3n) is 5.88. The van der Waals surface area contributed by atoms with Gasteiger partial charge in [-0.3, -0.25) is 14.9 Å². The first-order chi connectivity index (χ1) is 16.8. The molecule has 0 saturated carbocycles. The van der Waals surface area contributed by atoms with Crippen LogP contribution in [-0.2, 0) is 8.85 Å². The van der Waals surface area contributed by atoms with Gasteiger partial charge in [-0.05, 0) is 51.8 Å². The molecule has 2 unspecified atom stereocenters. The Hall–Kier alpha value is -1.56. The number of rotatable bonds is 19. The van der Waals surface area contributed by atoms with Crippen LogP contribution in [0.3, 0.4) is 0 Å². The number of non-ortho nitro benzene ring substituents is 1. The van der Waals surface area contributed by atoms with E-state index in [2.05, 4.69) is 51.5 Å². The molecule has 0 fully saturated rings. The van der Waals surface area contributed by atoms with Crippen LogP contribution in [-0.4, -0.2) is 46.2 Å². The van der Waals surface area contributed by atoms with E-state index in [0.717, 1.165) is 19.3 Å². The zero-order valence-electron chi connectivity index (χ0n) is 23.7. The lowest BCUT2D eigenvalue weighted by Gasteiger charge is -2.34. The highest BCUT2D eigenvalue weighted by molar-refractivity contribution is 6.70. The fraction of sp³-hybridized carbons (Fsp3) is 0.741. The van der Waals surface area contributed by atoms with Gasteiger partial charge >= 0.3 is 0 Å². The largest absolute Gasteiger partial charge is 0.415 e. The van der Waals surface area contributed by atoms with Crippen LogP contribution in [0.5, 0.6) is 0 Å². The van der Waals surface area contributed by atoms with Crippen molar-refractivity contribution in [2.75, 3.05) is 6.61 Å². The van der Waals surface area contributed by atoms with Gasteiger partial charge in [-0.2, -0.15) is 0 Å². The fourth-order valence-electron chi connectivity index (χ4n) is 4.05. The minimum Gasteiger partial charge on any atom is -0.415 e. The smallest absolute Gasteiger partial charge is 0.270 e. The van der Waals surface area contributed by atoms with Gasteiger partial charge in [0.15, 0.2) is 16.6 Å². The summed E-state index contributed by atoms with van der Waals surface area (Å²) in [4.78, 5) is 23.8. The summed E-state index contributed by atoms with van der Waals surface area (Å²) in [5.74, 6) is -0.334. The molecule has 1 rings (SSSR count). The number of hydrogen-bond donors (Lipinski definition) is 1. The Morgan fingerprint density at radius 2 is 1.53 bits per heavy atom. The molecule has 0 heterocycles. The predicted octanol–water partition coefficient (Wildman–Crippen LogP) is 7.69. The van der Waals surface area contributed by atoms with Crippen LogP contribution in [0.15, 0.2) is 24.3 Å². The van der Waals surface area contributed by atoms with Crippen molar-refractivity contribution in [3.05, 3.63) is 39.9 Å². The molecule has 9 heteroatoms. The minimum atomic E-state index is -1.89. The van der Waals surface area contributed by atoms with Gasteiger partial charge in [0.05, 0.1) is 23.7 Å². The summed E-state index contributed by atoms with van der Waals surface area (Å²) in [6, 6.07) is 5.54. The van der Waals surface area contributed by atoms with Crippen molar-refractivity contribution in [2.45, 2.75) is 123 Å². The molecule has 1 aromatic carbocycles. The van der Waals surface area contributed by atoms with Gasteiger partial charge in [0.1, 0.15) is 0 Å². The van der Waals surface area contributed by atoms with Gasteiger partial charge in [-0.15, -0.1) is 0 Å². The van der Waals surface area contributed by atoms with E-state index < -0.39 is 21.6 Å². The first-order valence-corrected chi connectivity index (χ1v) is 20.5. The highest BCUT2D eigenvalue weighted by Gasteiger charge is 2.31. The summed E-state index contributed by atoms with van der Waals surface area (Å²) in [5.41, 5.74) is 0.180. The first kappa shape index (κ1) is 32.5. The van der Waals surface area contributed by atoms with Crippen molar-refractivity contribution in [1.29, 1.82) is 0 Å². The third-order valence-corrected chi connectivity index (χ3v) is 7.92. The molecule has 1 N–H and O–H groups in total. The van der Waals surface area contributed by atoms with Crippen LogP contribution in [0, 0.1) is 10.1 Å². The first-order valence-electron chi connectivity index (χ1n) is 13.7. The number of hydrogen-bond acceptors (Lipinski definition) is 5. The van der Waals surface area contributed by atoms with E-state index in [1.165, 1.54) is 57.1 Å². The summed E-state index contributed by atoms with van der Waals surface area (Å²) in [7, 11) is -3.72. The van der Waals surface area contributed by atoms with E-state index in [-0.39, 0.29) is 29.3 Å². The fourth-order valence-corrected chi connectivity index (χ4v) is 5.92. The van der Waals surface area contributed by atoms with Gasteiger partial charge in [0.25, 0.3) is 11.6 Å². The molecule has 1 aromatic rings. The van der Waals surface area contributed by atoms with Gasteiger partial charge < -0.3 is 14.2 Å². The van der Waals surface area contributed by atoms with Crippen molar-refractivity contribution >= 4 is 28.2 Å². The van der Waals surface area contributed by atoms with E-state index >= 15 is 0 Å². The van der Waals surface area contributed by atoms with Crippen molar-refractivity contribution in [2.24, 2.45) is 0 Å². The Morgan fingerprint density at radius 1 is 0.944 bits per heavy atom. The zero-order valence-corrected chi connectivity index (χ0v) is 25.7. The summed E-state index contributed by atoms with van der Waals surface area (Å²) in [6.07, 6.45) is 12.0. The Morgan fingerprint density at radius 3 is 2.06 bits per heavy atom. The second-order valence-corrected chi connectivity index (χ2v) is 20.7. The minimum absolute atomic E-state index is 0.0952. The zero-order chi connectivity index (χ0) is 27.2. The Bertz CT molecular complexity index is 793. The van der Waals surface area contributed by atoms with Crippen LogP contribution < -0.4 is 5.32 Å². The summed E-state index contributed by atoms with van der Waals surface area (Å²) < 4.78 is 12.8. The maximum Gasteiger partial charge on any atom is 0.270 e. The molecule has 0 bridgehead atoms. The Balaban J connectivity index is 2.88. The van der Waals surface area contributed by atoms with Gasteiger partial charge in [-0.1, -0.05) is 70.8 Å². The molecule has 0 aromatic heterocycles. The molecule has 2 atom stereocenters. The maximum atomic E-state index is 13.1. The van der Waals surface area contributed by atoms with Crippen LogP contribution in [0.1, 0.15) is 81.5 Å². The van der Waals surface area contributed by atoms with Gasteiger partial charge in [0.2, 0.25) is 0 Å². The number of unbranched alkanes of at least 4 members (excludes halogenated alkanes) is 8. The topological polar surface area (TPSA) is 90.7 Å². The predicted molar refractivity (Wildman–Crippen MR) is 154 cm³/mol. The maximum absolute atomic E-state index is 13.1. The molecule has 206 valence electrons. The number of benzene rings is 1. The number of carbonyl (C=O) groups excluding carboxylic acids is 1. The van der Waals surface area contributed by atoms with Crippen molar-refractivity contribution < 1.29 is 18.6 Å². The average molecular weight is 539 g/mol. The molecule has 0 radical (unpaired) electrons. The average Bonchev–Trinajstić information content (AvgIpc) is 2.78. The molecular weight excluding hydrogens is 488 g/mol. The number of amides is 1. The van der Waals surface area contributed by atoms with Crippen LogP contribution in [0.2, 0.25) is 39.3 Å². The Labute approximate surface area is 221 Å². The molecule has 1 amide bonds. The number of nitro benzene ring substituents is 1. The van der Waals surface area contributed by atoms with E-state index in [1.54, 1.807) is 12.1 Å². The quantitative estimate of drug-likeness (QED) is 0.0844. The van der Waals surface area contributed by atoms with E-state index in [1.807, 2.05) is 0 Å². The summed E-state index contributed by atoms with van der Waals surface area (Å²) >= 11 is 0. The lowest BCUT2D eigenvalue weighted by atomic mass is 10.0. The van der Waals surface area contributed by atoms with Gasteiger partial charge in [-0.25, -0.2) is 0 Å². The number of nitrogens with zero attached hydrogens (tertiary/aromatic N) is 1. The molecule has 0 aliphatic rings. The van der Waals surface area contributed by atoms with Crippen molar-refractivity contribution in [3.63, 3.8) is 0 Å². The second-order valence-electron chi connectivity index (χ2n) is 11.7. The summed E-state index contributed by atoms with van der Waals surface area (Å²) in [6.45, 7) is 15.5. The molecular formula is C27H50N2O5Si2. The standard InChI is InChI=1S/C27H50N2O5Si2/c1-8-9-10-11-12-13-14-15-16-20-26(34-36(5,6)7)25(22-33-35(2,3)4)28-27(30)23-18-17-19-24(21-23)29(31)32/h17-19,21,25-26H,8-16,20,22H2,1-7H3,(H,28,30). The van der Waals surface area contributed by atoms with Gasteiger partial charge in [0, 0.05) is 17.7 Å². The van der Waals surface area contributed by atoms with Crippen LogP contribution >= 0.6 is 0 Å². The van der Waals surface area contributed by atoms with Crippen molar-refractivity contribution in [3.8, 4) is 0 Å². The highest BCUT2D eigenvalue weighted by atomic mass is 28.4. The van der Waals surface area contributed by atoms with Crippen molar-refractivity contribution in [1.82, 2.24) is 5.32 Å². The number of nitro groups is 1. The van der Waals surface area contributed by atoms with E-state index in [9.17, 15) is 14.9 Å². The monoisotopic (exact) mass is 538 g/mol. The second kappa shape index (κ2) is 16.3. The molecule has 36 heavy (non-hydrogen) atoms. The molecule has 7 nitrogen and oxygen atoms in total. The molecule has 0 aliphatic heterocycles. The van der Waals surface area contributed by atoms with Crippen LogP contribution in [0.25, 0.3) is 0 Å². The lowest BCUT2D eigenvalue weighted by Crippen LogP contribution is -2.51. The summed E-state index contributed by atoms with van der Waals surface area (Å²) in [5, 5.41) is 14.3. The highest BCUT2D eigenvalue weighted by Crippen LogP contribution is 2.20.